The first-order chi connectivity index (χ1) is 7.78. The molecule has 0 radical (unpaired) electrons. The van der Waals surface area contributed by atoms with Crippen LogP contribution in [-0.2, 0) is 0 Å². The molecule has 0 amide bonds. The molecule has 16 heavy (non-hydrogen) atoms. The van der Waals surface area contributed by atoms with Crippen molar-refractivity contribution >= 4 is 17.3 Å². The third-order valence-electron chi connectivity index (χ3n) is 3.83. The zero-order valence-electron chi connectivity index (χ0n) is 10.3. The van der Waals surface area contributed by atoms with Gasteiger partial charge in [-0.3, -0.25) is 0 Å². The second-order valence-electron chi connectivity index (χ2n) is 5.38. The van der Waals surface area contributed by atoms with Crippen LogP contribution < -0.4 is 10.6 Å². The maximum Gasteiger partial charge on any atom is 0.166 e. The van der Waals surface area contributed by atoms with Crippen molar-refractivity contribution in [2.24, 2.45) is 5.92 Å². The first-order valence-corrected chi connectivity index (χ1v) is 7.25. The fourth-order valence-corrected chi connectivity index (χ4v) is 2.90. The van der Waals surface area contributed by atoms with Crippen LogP contribution in [0.5, 0.6) is 0 Å². The quantitative estimate of drug-likeness (QED) is 0.723. The SMILES string of the molecule is CCC(CC1CC1)NC(=S)NC1CCCC1. The van der Waals surface area contributed by atoms with Crippen LogP contribution in [0.15, 0.2) is 0 Å². The summed E-state index contributed by atoms with van der Waals surface area (Å²) in [4.78, 5) is 0. The number of rotatable bonds is 5. The molecule has 1 unspecified atom stereocenters. The van der Waals surface area contributed by atoms with Gasteiger partial charge in [-0.2, -0.15) is 0 Å². The summed E-state index contributed by atoms with van der Waals surface area (Å²) in [5, 5.41) is 7.83. The number of thiocarbonyl (C=S) groups is 1. The summed E-state index contributed by atoms with van der Waals surface area (Å²) in [6.07, 6.45) is 10.7. The molecule has 0 aromatic heterocycles. The van der Waals surface area contributed by atoms with Crippen molar-refractivity contribution in [3.05, 3.63) is 0 Å². The van der Waals surface area contributed by atoms with Gasteiger partial charge in [0.1, 0.15) is 0 Å². The van der Waals surface area contributed by atoms with Gasteiger partial charge in [-0.25, -0.2) is 0 Å². The molecule has 0 spiro atoms. The van der Waals surface area contributed by atoms with E-state index in [1.165, 1.54) is 51.4 Å². The summed E-state index contributed by atoms with van der Waals surface area (Å²) in [5.74, 6) is 0.978. The Kier molecular flexibility index (Phi) is 4.45. The molecule has 92 valence electrons. The van der Waals surface area contributed by atoms with Crippen molar-refractivity contribution in [2.45, 2.75) is 70.4 Å². The zero-order valence-corrected chi connectivity index (χ0v) is 11.1. The van der Waals surface area contributed by atoms with E-state index >= 15 is 0 Å². The Hall–Kier alpha value is -0.310. The summed E-state index contributed by atoms with van der Waals surface area (Å²) in [7, 11) is 0. The third kappa shape index (κ3) is 3.93. The molecule has 2 nitrogen and oxygen atoms in total. The highest BCUT2D eigenvalue weighted by Gasteiger charge is 2.25. The van der Waals surface area contributed by atoms with Crippen LogP contribution in [0, 0.1) is 5.92 Å². The average molecular weight is 240 g/mol. The molecule has 2 aliphatic carbocycles. The van der Waals surface area contributed by atoms with Crippen LogP contribution in [0.2, 0.25) is 0 Å². The van der Waals surface area contributed by atoms with Gasteiger partial charge in [-0.15, -0.1) is 0 Å². The van der Waals surface area contributed by atoms with Crippen LogP contribution in [0.4, 0.5) is 0 Å². The Labute approximate surface area is 105 Å². The molecule has 2 N–H and O–H groups in total. The van der Waals surface area contributed by atoms with Crippen LogP contribution in [0.25, 0.3) is 0 Å². The van der Waals surface area contributed by atoms with Gasteiger partial charge in [0, 0.05) is 12.1 Å². The summed E-state index contributed by atoms with van der Waals surface area (Å²) < 4.78 is 0. The minimum Gasteiger partial charge on any atom is -0.360 e. The smallest absolute Gasteiger partial charge is 0.166 e. The van der Waals surface area contributed by atoms with Gasteiger partial charge in [0.05, 0.1) is 0 Å². The maximum absolute atomic E-state index is 5.38. The number of nitrogens with one attached hydrogen (secondary N) is 2. The summed E-state index contributed by atoms with van der Waals surface area (Å²) in [6, 6.07) is 1.23. The molecule has 0 aromatic carbocycles. The van der Waals surface area contributed by atoms with Gasteiger partial charge in [0.25, 0.3) is 0 Å². The molecule has 0 saturated heterocycles. The van der Waals surface area contributed by atoms with E-state index in [4.69, 9.17) is 12.2 Å². The van der Waals surface area contributed by atoms with Gasteiger partial charge in [0.15, 0.2) is 5.11 Å². The summed E-state index contributed by atoms with van der Waals surface area (Å²) >= 11 is 5.38. The lowest BCUT2D eigenvalue weighted by Crippen LogP contribution is -2.45. The molecule has 3 heteroatoms. The molecule has 0 aromatic rings. The lowest BCUT2D eigenvalue weighted by molar-refractivity contribution is 0.500. The molecule has 0 heterocycles. The summed E-state index contributed by atoms with van der Waals surface area (Å²) in [6.45, 7) is 2.25. The molecule has 2 aliphatic rings. The molecule has 2 fully saturated rings. The average Bonchev–Trinajstić information content (AvgIpc) is 2.93. The fraction of sp³-hybridized carbons (Fsp3) is 0.923. The lowest BCUT2D eigenvalue weighted by atomic mass is 10.1. The van der Waals surface area contributed by atoms with Crippen molar-refractivity contribution in [1.82, 2.24) is 10.6 Å². The normalized spacial score (nSPS) is 23.1. The van der Waals surface area contributed by atoms with Crippen molar-refractivity contribution < 1.29 is 0 Å². The summed E-state index contributed by atoms with van der Waals surface area (Å²) in [5.41, 5.74) is 0. The molecular formula is C13H24N2S. The monoisotopic (exact) mass is 240 g/mol. The van der Waals surface area contributed by atoms with Crippen molar-refractivity contribution in [3.8, 4) is 0 Å². The predicted octanol–water partition coefficient (Wildman–Crippen LogP) is 2.97. The Morgan fingerprint density at radius 1 is 1.25 bits per heavy atom. The van der Waals surface area contributed by atoms with Crippen molar-refractivity contribution in [3.63, 3.8) is 0 Å². The van der Waals surface area contributed by atoms with E-state index in [0.717, 1.165) is 11.0 Å². The Bertz CT molecular complexity index is 232. The van der Waals surface area contributed by atoms with E-state index in [1.54, 1.807) is 0 Å². The largest absolute Gasteiger partial charge is 0.360 e. The third-order valence-corrected chi connectivity index (χ3v) is 4.07. The van der Waals surface area contributed by atoms with E-state index < -0.39 is 0 Å². The van der Waals surface area contributed by atoms with Gasteiger partial charge in [-0.1, -0.05) is 32.6 Å². The highest BCUT2D eigenvalue weighted by molar-refractivity contribution is 7.80. The lowest BCUT2D eigenvalue weighted by Gasteiger charge is -2.21. The molecule has 2 saturated carbocycles. The second-order valence-corrected chi connectivity index (χ2v) is 5.79. The van der Waals surface area contributed by atoms with Crippen molar-refractivity contribution in [1.29, 1.82) is 0 Å². The van der Waals surface area contributed by atoms with E-state index in [1.807, 2.05) is 0 Å². The minimum atomic E-state index is 0.592. The van der Waals surface area contributed by atoms with Gasteiger partial charge < -0.3 is 10.6 Å². The van der Waals surface area contributed by atoms with E-state index in [-0.39, 0.29) is 0 Å². The first-order valence-electron chi connectivity index (χ1n) is 6.85. The molecule has 2 rings (SSSR count). The Morgan fingerprint density at radius 2 is 1.94 bits per heavy atom. The molecule has 0 aliphatic heterocycles. The molecular weight excluding hydrogens is 216 g/mol. The topological polar surface area (TPSA) is 24.1 Å². The molecule has 1 atom stereocenters. The van der Waals surface area contributed by atoms with Gasteiger partial charge in [0.2, 0.25) is 0 Å². The highest BCUT2D eigenvalue weighted by Crippen LogP contribution is 2.34. The number of hydrogen-bond donors (Lipinski definition) is 2. The van der Waals surface area contributed by atoms with E-state index in [9.17, 15) is 0 Å². The zero-order chi connectivity index (χ0) is 11.4. The Balaban J connectivity index is 1.66. The van der Waals surface area contributed by atoms with Crippen LogP contribution >= 0.6 is 12.2 Å². The number of hydrogen-bond acceptors (Lipinski definition) is 1. The maximum atomic E-state index is 5.38. The highest BCUT2D eigenvalue weighted by atomic mass is 32.1. The first kappa shape index (κ1) is 12.2. The van der Waals surface area contributed by atoms with Crippen LogP contribution in [0.1, 0.15) is 58.3 Å². The van der Waals surface area contributed by atoms with Gasteiger partial charge in [-0.05, 0) is 43.8 Å². The minimum absolute atomic E-state index is 0.592. The second kappa shape index (κ2) is 5.85. The van der Waals surface area contributed by atoms with Crippen LogP contribution in [-0.4, -0.2) is 17.2 Å². The predicted molar refractivity (Wildman–Crippen MR) is 72.5 cm³/mol. The van der Waals surface area contributed by atoms with Gasteiger partial charge >= 0.3 is 0 Å². The Morgan fingerprint density at radius 3 is 2.50 bits per heavy atom. The van der Waals surface area contributed by atoms with Crippen molar-refractivity contribution in [2.75, 3.05) is 0 Å². The molecule has 0 bridgehead atoms. The van der Waals surface area contributed by atoms with E-state index in [0.29, 0.717) is 12.1 Å². The van der Waals surface area contributed by atoms with Crippen LogP contribution in [0.3, 0.4) is 0 Å². The fourth-order valence-electron chi connectivity index (χ4n) is 2.57. The van der Waals surface area contributed by atoms with E-state index in [2.05, 4.69) is 17.6 Å². The standard InChI is InChI=1S/C13H24N2S/c1-2-11(9-10-7-8-10)14-13(16)15-12-5-3-4-6-12/h10-12H,2-9H2,1H3,(H2,14,15,16).